The molecule has 0 radical (unpaired) electrons. The van der Waals surface area contributed by atoms with Crippen molar-refractivity contribution in [2.45, 2.75) is 12.7 Å². The number of benzene rings is 2. The topological polar surface area (TPSA) is 106 Å². The predicted molar refractivity (Wildman–Crippen MR) is 112 cm³/mol. The van der Waals surface area contributed by atoms with E-state index in [1.165, 1.54) is 18.6 Å². The molecule has 3 aromatic rings. The molecule has 8 nitrogen and oxygen atoms in total. The molecule has 1 N–H and O–H groups in total. The van der Waals surface area contributed by atoms with Crippen LogP contribution in [0.25, 0.3) is 11.4 Å². The highest BCUT2D eigenvalue weighted by atomic mass is 32.2. The lowest BCUT2D eigenvalue weighted by Crippen LogP contribution is -2.07. The highest BCUT2D eigenvalue weighted by Crippen LogP contribution is 2.22. The number of ether oxygens (including phenoxy) is 1. The molecule has 0 aliphatic heterocycles. The average Bonchev–Trinajstić information content (AvgIpc) is 2.67. The van der Waals surface area contributed by atoms with Gasteiger partial charge in [0.25, 0.3) is 0 Å². The Labute approximate surface area is 177 Å². The minimum atomic E-state index is -2.84. The minimum absolute atomic E-state index is 0.0323. The van der Waals surface area contributed by atoms with Gasteiger partial charge >= 0.3 is 6.09 Å². The van der Waals surface area contributed by atoms with Gasteiger partial charge in [-0.05, 0) is 36.8 Å². The van der Waals surface area contributed by atoms with E-state index in [9.17, 15) is 17.8 Å². The molecule has 1 aromatic heterocycles. The lowest BCUT2D eigenvalue weighted by Gasteiger charge is -2.09. The number of aromatic nitrogens is 3. The SMILES string of the molecule is CCOC(=O)N=S(C)(=O)Cc1cccc(Nc2ncnc(-c3ccc(F)cc3F)n2)c1. The highest BCUT2D eigenvalue weighted by molar-refractivity contribution is 7.92. The number of carbonyl (C=O) groups excluding carboxylic acids is 1. The van der Waals surface area contributed by atoms with Crippen molar-refractivity contribution in [3.63, 3.8) is 0 Å². The van der Waals surface area contributed by atoms with Crippen LogP contribution in [0.2, 0.25) is 0 Å². The number of anilines is 2. The molecule has 1 atom stereocenters. The number of hydrogen-bond acceptors (Lipinski definition) is 7. The van der Waals surface area contributed by atoms with Crippen molar-refractivity contribution in [2.24, 2.45) is 4.36 Å². The van der Waals surface area contributed by atoms with Gasteiger partial charge in [-0.25, -0.2) is 27.8 Å². The fraction of sp³-hybridized carbons (Fsp3) is 0.200. The monoisotopic (exact) mass is 447 g/mol. The van der Waals surface area contributed by atoms with Gasteiger partial charge in [0.05, 0.1) is 27.7 Å². The van der Waals surface area contributed by atoms with Crippen LogP contribution >= 0.6 is 0 Å². The summed E-state index contributed by atoms with van der Waals surface area (Å²) in [5.74, 6) is -1.28. The normalized spacial score (nSPS) is 12.6. The van der Waals surface area contributed by atoms with Gasteiger partial charge in [0.15, 0.2) is 5.82 Å². The fourth-order valence-electron chi connectivity index (χ4n) is 2.67. The standard InChI is InChI=1S/C20H19F2N5O3S/c1-3-30-20(28)27-31(2,29)11-13-5-4-6-15(9-13)25-19-24-12-23-18(26-19)16-8-7-14(21)10-17(16)22/h4-10,12H,3,11H2,1-2H3,(H,23,24,25,26). The van der Waals surface area contributed by atoms with Crippen LogP contribution in [0.3, 0.4) is 0 Å². The molecule has 162 valence electrons. The second kappa shape index (κ2) is 9.56. The number of halogens is 2. The molecule has 2 aromatic carbocycles. The molecule has 0 spiro atoms. The Morgan fingerprint density at radius 2 is 2.00 bits per heavy atom. The Bertz CT molecular complexity index is 1230. The molecule has 1 unspecified atom stereocenters. The molecule has 0 bridgehead atoms. The largest absolute Gasteiger partial charge is 0.448 e. The Morgan fingerprint density at radius 3 is 2.74 bits per heavy atom. The zero-order chi connectivity index (χ0) is 22.4. The van der Waals surface area contributed by atoms with Gasteiger partial charge in [-0.3, -0.25) is 0 Å². The van der Waals surface area contributed by atoms with Crippen LogP contribution in [-0.4, -0.2) is 38.1 Å². The van der Waals surface area contributed by atoms with E-state index in [0.29, 0.717) is 11.3 Å². The molecule has 3 rings (SSSR count). The van der Waals surface area contributed by atoms with Crippen molar-refractivity contribution in [3.8, 4) is 11.4 Å². The first-order chi connectivity index (χ1) is 14.8. The van der Waals surface area contributed by atoms with Gasteiger partial charge in [-0.15, -0.1) is 4.36 Å². The lowest BCUT2D eigenvalue weighted by atomic mass is 10.2. The predicted octanol–water partition coefficient (Wildman–Crippen LogP) is 4.31. The summed E-state index contributed by atoms with van der Waals surface area (Å²) < 4.78 is 48.1. The zero-order valence-corrected chi connectivity index (χ0v) is 17.5. The van der Waals surface area contributed by atoms with Crippen molar-refractivity contribution in [2.75, 3.05) is 18.2 Å². The van der Waals surface area contributed by atoms with E-state index in [1.54, 1.807) is 31.2 Å². The van der Waals surface area contributed by atoms with Crippen LogP contribution in [-0.2, 0) is 20.2 Å². The Morgan fingerprint density at radius 1 is 1.19 bits per heavy atom. The quantitative estimate of drug-likeness (QED) is 0.600. The molecular formula is C20H19F2N5O3S. The van der Waals surface area contributed by atoms with E-state index < -0.39 is 27.5 Å². The van der Waals surface area contributed by atoms with Crippen molar-refractivity contribution in [1.82, 2.24) is 15.0 Å². The number of nitrogens with zero attached hydrogens (tertiary/aromatic N) is 4. The number of nitrogens with one attached hydrogen (secondary N) is 1. The number of hydrogen-bond donors (Lipinski definition) is 1. The summed E-state index contributed by atoms with van der Waals surface area (Å²) in [6.45, 7) is 1.78. The molecular weight excluding hydrogens is 428 g/mol. The van der Waals surface area contributed by atoms with Crippen LogP contribution in [0.1, 0.15) is 12.5 Å². The zero-order valence-electron chi connectivity index (χ0n) is 16.7. The van der Waals surface area contributed by atoms with Crippen molar-refractivity contribution in [3.05, 3.63) is 66.0 Å². The smallest absolute Gasteiger partial charge is 0.441 e. The van der Waals surface area contributed by atoms with Crippen LogP contribution < -0.4 is 5.32 Å². The molecule has 1 heterocycles. The summed E-state index contributed by atoms with van der Waals surface area (Å²) in [5, 5.41) is 2.96. The van der Waals surface area contributed by atoms with E-state index in [0.717, 1.165) is 12.1 Å². The Kier molecular flexibility index (Phi) is 6.85. The number of carbonyl (C=O) groups is 1. The molecule has 11 heteroatoms. The van der Waals surface area contributed by atoms with Gasteiger partial charge in [0.2, 0.25) is 5.95 Å². The fourth-order valence-corrected chi connectivity index (χ4v) is 3.90. The second-order valence-electron chi connectivity index (χ2n) is 6.48. The molecule has 31 heavy (non-hydrogen) atoms. The molecule has 0 fully saturated rings. The maximum Gasteiger partial charge on any atom is 0.441 e. The Hall–Kier alpha value is -3.47. The second-order valence-corrected chi connectivity index (χ2v) is 8.87. The number of amides is 1. The first-order valence-electron chi connectivity index (χ1n) is 9.13. The summed E-state index contributed by atoms with van der Waals surface area (Å²) in [6, 6.07) is 10.00. The summed E-state index contributed by atoms with van der Waals surface area (Å²) in [6.07, 6.45) is 1.71. The Balaban J connectivity index is 1.80. The summed E-state index contributed by atoms with van der Waals surface area (Å²) in [4.78, 5) is 23.6. The third-order valence-electron chi connectivity index (χ3n) is 3.90. The van der Waals surface area contributed by atoms with Gasteiger partial charge in [0, 0.05) is 18.0 Å². The van der Waals surface area contributed by atoms with E-state index in [-0.39, 0.29) is 29.7 Å². The van der Waals surface area contributed by atoms with Crippen molar-refractivity contribution < 1.29 is 22.5 Å². The summed E-state index contributed by atoms with van der Waals surface area (Å²) in [7, 11) is -2.84. The van der Waals surface area contributed by atoms with Crippen LogP contribution in [0, 0.1) is 11.6 Å². The van der Waals surface area contributed by atoms with E-state index in [1.807, 2.05) is 0 Å². The molecule has 0 aliphatic rings. The third-order valence-corrected chi connectivity index (χ3v) is 5.30. The maximum atomic E-state index is 14.0. The van der Waals surface area contributed by atoms with Crippen LogP contribution in [0.15, 0.2) is 53.2 Å². The average molecular weight is 447 g/mol. The van der Waals surface area contributed by atoms with E-state index in [4.69, 9.17) is 4.74 Å². The van der Waals surface area contributed by atoms with E-state index in [2.05, 4.69) is 24.6 Å². The molecule has 0 saturated heterocycles. The van der Waals surface area contributed by atoms with Crippen LogP contribution in [0.5, 0.6) is 0 Å². The van der Waals surface area contributed by atoms with Crippen molar-refractivity contribution in [1.29, 1.82) is 0 Å². The highest BCUT2D eigenvalue weighted by Gasteiger charge is 2.12. The third kappa shape index (κ3) is 6.25. The lowest BCUT2D eigenvalue weighted by molar-refractivity contribution is 0.164. The summed E-state index contributed by atoms with van der Waals surface area (Å²) >= 11 is 0. The summed E-state index contributed by atoms with van der Waals surface area (Å²) in [5.41, 5.74) is 1.26. The maximum absolute atomic E-state index is 14.0. The van der Waals surface area contributed by atoms with E-state index >= 15 is 0 Å². The van der Waals surface area contributed by atoms with Gasteiger partial charge < -0.3 is 10.1 Å². The molecule has 0 aliphatic carbocycles. The van der Waals surface area contributed by atoms with Crippen molar-refractivity contribution >= 4 is 27.5 Å². The molecule has 0 saturated carbocycles. The minimum Gasteiger partial charge on any atom is -0.448 e. The van der Waals surface area contributed by atoms with Gasteiger partial charge in [-0.2, -0.15) is 4.98 Å². The van der Waals surface area contributed by atoms with Gasteiger partial charge in [-0.1, -0.05) is 12.1 Å². The molecule has 1 amide bonds. The first kappa shape index (κ1) is 22.2. The van der Waals surface area contributed by atoms with Crippen LogP contribution in [0.4, 0.5) is 25.2 Å². The number of rotatable bonds is 6. The van der Waals surface area contributed by atoms with Gasteiger partial charge in [0.1, 0.15) is 18.0 Å². The first-order valence-corrected chi connectivity index (χ1v) is 11.2.